The first-order valence-corrected chi connectivity index (χ1v) is 9.98. The van der Waals surface area contributed by atoms with E-state index in [0.29, 0.717) is 6.04 Å². The van der Waals surface area contributed by atoms with Crippen molar-refractivity contribution in [3.05, 3.63) is 28.2 Å². The molecule has 1 atom stereocenters. The molecule has 2 aliphatic heterocycles. The summed E-state index contributed by atoms with van der Waals surface area (Å²) in [5.41, 5.74) is 0.986. The van der Waals surface area contributed by atoms with Gasteiger partial charge in [-0.25, -0.2) is 4.68 Å². The molecule has 140 valence electrons. The van der Waals surface area contributed by atoms with Crippen LogP contribution >= 0.6 is 0 Å². The minimum absolute atomic E-state index is 0.0240. The van der Waals surface area contributed by atoms with Gasteiger partial charge in [0.1, 0.15) is 0 Å². The monoisotopic (exact) mass is 346 g/mol. The largest absolute Gasteiger partial charge is 0.302 e. The van der Waals surface area contributed by atoms with E-state index in [9.17, 15) is 4.79 Å². The quantitative estimate of drug-likeness (QED) is 0.821. The third-order valence-corrected chi connectivity index (χ3v) is 5.67. The van der Waals surface area contributed by atoms with Crippen molar-refractivity contribution in [3.63, 3.8) is 0 Å². The van der Waals surface area contributed by atoms with E-state index in [-0.39, 0.29) is 11.0 Å². The molecule has 3 rings (SSSR count). The molecule has 3 heterocycles. The normalized spacial score (nSPS) is 23.2. The smallest absolute Gasteiger partial charge is 0.266 e. The highest BCUT2D eigenvalue weighted by Gasteiger charge is 2.26. The summed E-state index contributed by atoms with van der Waals surface area (Å²) in [4.78, 5) is 17.4. The van der Waals surface area contributed by atoms with Crippen LogP contribution in [0, 0.1) is 0 Å². The van der Waals surface area contributed by atoms with Crippen LogP contribution in [0.1, 0.15) is 58.6 Å². The van der Waals surface area contributed by atoms with Gasteiger partial charge in [-0.1, -0.05) is 27.2 Å². The van der Waals surface area contributed by atoms with Gasteiger partial charge in [0.25, 0.3) is 5.56 Å². The van der Waals surface area contributed by atoms with E-state index >= 15 is 0 Å². The lowest BCUT2D eigenvalue weighted by Gasteiger charge is -2.31. The Labute approximate surface area is 152 Å². The topological polar surface area (TPSA) is 41.4 Å². The Morgan fingerprint density at radius 3 is 2.52 bits per heavy atom. The zero-order valence-electron chi connectivity index (χ0n) is 16.2. The number of likely N-dealkylation sites (tertiary alicyclic amines) is 2. The van der Waals surface area contributed by atoms with Crippen molar-refractivity contribution in [1.82, 2.24) is 19.6 Å². The average Bonchev–Trinajstić information content (AvgIpc) is 3.02. The Morgan fingerprint density at radius 2 is 1.80 bits per heavy atom. The van der Waals surface area contributed by atoms with E-state index in [1.165, 1.54) is 51.7 Å². The van der Waals surface area contributed by atoms with Crippen LogP contribution in [0.5, 0.6) is 0 Å². The van der Waals surface area contributed by atoms with E-state index in [1.807, 2.05) is 6.07 Å². The van der Waals surface area contributed by atoms with Crippen LogP contribution in [0.3, 0.4) is 0 Å². The van der Waals surface area contributed by atoms with Crippen LogP contribution in [-0.2, 0) is 12.0 Å². The fourth-order valence-electron chi connectivity index (χ4n) is 4.03. The van der Waals surface area contributed by atoms with Crippen molar-refractivity contribution in [2.75, 3.05) is 32.7 Å². The third kappa shape index (κ3) is 4.91. The number of rotatable bonds is 5. The van der Waals surface area contributed by atoms with Crippen LogP contribution in [-0.4, -0.2) is 58.3 Å². The standard InChI is InChI=1S/C20H34N4O/c1-20(2,3)18-9-10-19(25)24(21-18)16-17-8-7-13-23(17)15-14-22-11-5-4-6-12-22/h9-10,17H,4-8,11-16H2,1-3H3. The molecule has 2 fully saturated rings. The summed E-state index contributed by atoms with van der Waals surface area (Å²) in [6.07, 6.45) is 6.50. The highest BCUT2D eigenvalue weighted by molar-refractivity contribution is 5.10. The first-order chi connectivity index (χ1) is 11.9. The van der Waals surface area contributed by atoms with Gasteiger partial charge in [0, 0.05) is 30.6 Å². The molecule has 0 bridgehead atoms. The van der Waals surface area contributed by atoms with Gasteiger partial charge in [-0.3, -0.25) is 9.69 Å². The molecule has 5 heteroatoms. The van der Waals surface area contributed by atoms with Gasteiger partial charge in [-0.15, -0.1) is 0 Å². The minimum atomic E-state index is -0.0287. The molecular weight excluding hydrogens is 312 g/mol. The molecule has 25 heavy (non-hydrogen) atoms. The number of piperidine rings is 1. The molecule has 0 spiro atoms. The second-order valence-electron chi connectivity index (χ2n) is 8.72. The molecule has 0 aromatic carbocycles. The SMILES string of the molecule is CC(C)(C)c1ccc(=O)n(CC2CCCN2CCN2CCCCC2)n1. The molecule has 1 aromatic heterocycles. The second kappa shape index (κ2) is 8.00. The van der Waals surface area contributed by atoms with Crippen LogP contribution in [0.2, 0.25) is 0 Å². The van der Waals surface area contributed by atoms with Gasteiger partial charge in [0.15, 0.2) is 0 Å². The molecule has 2 aliphatic rings. The number of nitrogens with zero attached hydrogens (tertiary/aromatic N) is 4. The summed E-state index contributed by atoms with van der Waals surface area (Å²) in [5, 5.41) is 4.66. The molecule has 0 N–H and O–H groups in total. The average molecular weight is 347 g/mol. The van der Waals surface area contributed by atoms with Crippen molar-refractivity contribution in [3.8, 4) is 0 Å². The van der Waals surface area contributed by atoms with Crippen LogP contribution in [0.25, 0.3) is 0 Å². The summed E-state index contributed by atoms with van der Waals surface area (Å²) in [5.74, 6) is 0. The molecule has 0 aliphatic carbocycles. The van der Waals surface area contributed by atoms with Crippen LogP contribution in [0.15, 0.2) is 16.9 Å². The predicted octanol–water partition coefficient (Wildman–Crippen LogP) is 2.49. The lowest BCUT2D eigenvalue weighted by atomic mass is 9.92. The molecule has 1 unspecified atom stereocenters. The molecule has 1 aromatic rings. The minimum Gasteiger partial charge on any atom is -0.302 e. The highest BCUT2D eigenvalue weighted by atomic mass is 16.1. The fraction of sp³-hybridized carbons (Fsp3) is 0.800. The Kier molecular flexibility index (Phi) is 5.95. The second-order valence-corrected chi connectivity index (χ2v) is 8.72. The van der Waals surface area contributed by atoms with E-state index < -0.39 is 0 Å². The Hall–Kier alpha value is -1.20. The summed E-state index contributed by atoms with van der Waals surface area (Å²) < 4.78 is 1.70. The van der Waals surface area contributed by atoms with Gasteiger partial charge < -0.3 is 4.90 Å². The fourth-order valence-corrected chi connectivity index (χ4v) is 4.03. The summed E-state index contributed by atoms with van der Waals surface area (Å²) in [7, 11) is 0. The van der Waals surface area contributed by atoms with E-state index in [2.05, 4.69) is 35.7 Å². The van der Waals surface area contributed by atoms with Gasteiger partial charge in [0.05, 0.1) is 12.2 Å². The first-order valence-electron chi connectivity index (χ1n) is 9.98. The Bertz CT molecular complexity index is 613. The van der Waals surface area contributed by atoms with Crippen molar-refractivity contribution in [2.45, 2.75) is 70.9 Å². The van der Waals surface area contributed by atoms with Crippen molar-refractivity contribution in [2.24, 2.45) is 0 Å². The summed E-state index contributed by atoms with van der Waals surface area (Å²) in [6, 6.07) is 4.01. The van der Waals surface area contributed by atoms with Gasteiger partial charge in [0.2, 0.25) is 0 Å². The Balaban J connectivity index is 1.62. The van der Waals surface area contributed by atoms with Gasteiger partial charge >= 0.3 is 0 Å². The maximum absolute atomic E-state index is 12.3. The zero-order chi connectivity index (χ0) is 17.9. The zero-order valence-corrected chi connectivity index (χ0v) is 16.2. The van der Waals surface area contributed by atoms with Gasteiger partial charge in [-0.2, -0.15) is 5.10 Å². The van der Waals surface area contributed by atoms with E-state index in [1.54, 1.807) is 10.7 Å². The van der Waals surface area contributed by atoms with Crippen molar-refractivity contribution in [1.29, 1.82) is 0 Å². The van der Waals surface area contributed by atoms with Crippen molar-refractivity contribution >= 4 is 0 Å². The number of hydrogen-bond donors (Lipinski definition) is 0. The maximum atomic E-state index is 12.3. The lowest BCUT2D eigenvalue weighted by Crippen LogP contribution is -2.42. The van der Waals surface area contributed by atoms with E-state index in [0.717, 1.165) is 25.3 Å². The van der Waals surface area contributed by atoms with Crippen LogP contribution < -0.4 is 5.56 Å². The van der Waals surface area contributed by atoms with E-state index in [4.69, 9.17) is 0 Å². The number of hydrogen-bond acceptors (Lipinski definition) is 4. The molecule has 0 amide bonds. The molecule has 0 radical (unpaired) electrons. The number of aromatic nitrogens is 2. The molecule has 5 nitrogen and oxygen atoms in total. The molecular formula is C20H34N4O. The highest BCUT2D eigenvalue weighted by Crippen LogP contribution is 2.20. The summed E-state index contributed by atoms with van der Waals surface area (Å²) >= 11 is 0. The third-order valence-electron chi connectivity index (χ3n) is 5.67. The molecule has 0 saturated carbocycles. The summed E-state index contributed by atoms with van der Waals surface area (Å²) in [6.45, 7) is 13.1. The predicted molar refractivity (Wildman–Crippen MR) is 102 cm³/mol. The molecule has 2 saturated heterocycles. The van der Waals surface area contributed by atoms with Crippen LogP contribution in [0.4, 0.5) is 0 Å². The Morgan fingerprint density at radius 1 is 1.04 bits per heavy atom. The lowest BCUT2D eigenvalue weighted by molar-refractivity contribution is 0.164. The van der Waals surface area contributed by atoms with Crippen molar-refractivity contribution < 1.29 is 0 Å². The first kappa shape index (κ1) is 18.6. The van der Waals surface area contributed by atoms with Gasteiger partial charge in [-0.05, 0) is 51.4 Å². The maximum Gasteiger partial charge on any atom is 0.266 e.